The van der Waals surface area contributed by atoms with Gasteiger partial charge < -0.3 is 4.90 Å². The van der Waals surface area contributed by atoms with E-state index in [2.05, 4.69) is 10.2 Å². The first-order valence-corrected chi connectivity index (χ1v) is 9.67. The van der Waals surface area contributed by atoms with Crippen molar-refractivity contribution in [1.82, 2.24) is 15.1 Å². The Kier molecular flexibility index (Phi) is 5.33. The largest absolute Gasteiger partial charge is 0.338 e. The van der Waals surface area contributed by atoms with Crippen LogP contribution in [-0.4, -0.2) is 39.9 Å². The topological polar surface area (TPSA) is 66.1 Å². The van der Waals surface area contributed by atoms with Gasteiger partial charge in [-0.1, -0.05) is 60.7 Å². The van der Waals surface area contributed by atoms with Crippen molar-refractivity contribution in [2.75, 3.05) is 13.1 Å². The number of likely N-dealkylation sites (tertiary alicyclic amines) is 1. The van der Waals surface area contributed by atoms with Crippen LogP contribution in [0.2, 0.25) is 0 Å². The fourth-order valence-electron chi connectivity index (χ4n) is 3.81. The Morgan fingerprint density at radius 3 is 2.50 bits per heavy atom. The third-order valence-electron chi connectivity index (χ3n) is 5.32. The highest BCUT2D eigenvalue weighted by Gasteiger charge is 2.30. The molecule has 3 aromatic rings. The summed E-state index contributed by atoms with van der Waals surface area (Å²) in [5, 5.41) is 7.03. The lowest BCUT2D eigenvalue weighted by Gasteiger charge is -2.32. The number of piperidine rings is 1. The minimum atomic E-state index is -0.106. The summed E-state index contributed by atoms with van der Waals surface area (Å²) in [6.07, 6.45) is 3.69. The van der Waals surface area contributed by atoms with Gasteiger partial charge in [0, 0.05) is 31.0 Å². The average molecular weight is 373 g/mol. The quantitative estimate of drug-likeness (QED) is 0.741. The van der Waals surface area contributed by atoms with Crippen LogP contribution in [0.5, 0.6) is 0 Å². The summed E-state index contributed by atoms with van der Waals surface area (Å²) in [7, 11) is 0. The van der Waals surface area contributed by atoms with Gasteiger partial charge in [-0.2, -0.15) is 5.10 Å². The number of benzene rings is 2. The Morgan fingerprint density at radius 2 is 1.75 bits per heavy atom. The maximum atomic E-state index is 13.1. The Labute approximate surface area is 164 Å². The monoisotopic (exact) mass is 373 g/mol. The first-order chi connectivity index (χ1) is 13.7. The zero-order valence-electron chi connectivity index (χ0n) is 15.7. The Morgan fingerprint density at radius 1 is 1.04 bits per heavy atom. The summed E-state index contributed by atoms with van der Waals surface area (Å²) in [6, 6.07) is 19.5. The molecule has 0 bridgehead atoms. The normalized spacial score (nSPS) is 16.7. The summed E-state index contributed by atoms with van der Waals surface area (Å²) >= 11 is 0. The van der Waals surface area contributed by atoms with E-state index in [1.54, 1.807) is 11.1 Å². The van der Waals surface area contributed by atoms with E-state index in [-0.39, 0.29) is 17.6 Å². The molecule has 2 aromatic carbocycles. The molecule has 5 heteroatoms. The van der Waals surface area contributed by atoms with E-state index < -0.39 is 0 Å². The number of rotatable bonds is 5. The molecule has 0 saturated carbocycles. The standard InChI is InChI=1S/C23H23N3O2/c27-21(14-17-8-3-1-4-9-17)19-12-7-13-26(16-19)23(28)20-15-24-25-22(20)18-10-5-2-6-11-18/h1-6,8-11,15,19H,7,12-14,16H2,(H,24,25)/t19-/m1/s1. The van der Waals surface area contributed by atoms with Gasteiger partial charge in [-0.3, -0.25) is 14.7 Å². The molecule has 0 aliphatic carbocycles. The van der Waals surface area contributed by atoms with Gasteiger partial charge in [0.25, 0.3) is 5.91 Å². The SMILES string of the molecule is O=C(Cc1ccccc1)[C@@H]1CCCN(C(=O)c2cn[nH]c2-c2ccccc2)C1. The summed E-state index contributed by atoms with van der Waals surface area (Å²) in [6.45, 7) is 1.15. The number of aromatic nitrogens is 2. The molecule has 1 amide bonds. The number of carbonyl (C=O) groups excluding carboxylic acids is 2. The lowest BCUT2D eigenvalue weighted by Crippen LogP contribution is -2.42. The van der Waals surface area contributed by atoms with E-state index in [0.717, 1.165) is 29.7 Å². The molecule has 1 aliphatic rings. The molecule has 28 heavy (non-hydrogen) atoms. The fourth-order valence-corrected chi connectivity index (χ4v) is 3.81. The number of amides is 1. The van der Waals surface area contributed by atoms with Gasteiger partial charge >= 0.3 is 0 Å². The average Bonchev–Trinajstić information content (AvgIpc) is 3.24. The molecule has 0 unspecified atom stereocenters. The Hall–Kier alpha value is -3.21. The smallest absolute Gasteiger partial charge is 0.257 e. The molecule has 142 valence electrons. The highest BCUT2D eigenvalue weighted by atomic mass is 16.2. The van der Waals surface area contributed by atoms with Crippen molar-refractivity contribution in [1.29, 1.82) is 0 Å². The second-order valence-corrected chi connectivity index (χ2v) is 7.24. The Balaban J connectivity index is 1.47. The van der Waals surface area contributed by atoms with E-state index in [4.69, 9.17) is 0 Å². The highest BCUT2D eigenvalue weighted by molar-refractivity contribution is 6.00. The summed E-state index contributed by atoms with van der Waals surface area (Å²) < 4.78 is 0. The summed E-state index contributed by atoms with van der Waals surface area (Å²) in [4.78, 5) is 27.7. The van der Waals surface area contributed by atoms with Crippen LogP contribution in [0.1, 0.15) is 28.8 Å². The molecule has 2 heterocycles. The van der Waals surface area contributed by atoms with Crippen LogP contribution in [0, 0.1) is 5.92 Å². The van der Waals surface area contributed by atoms with Crippen molar-refractivity contribution < 1.29 is 9.59 Å². The second kappa shape index (κ2) is 8.21. The lowest BCUT2D eigenvalue weighted by molar-refractivity contribution is -0.123. The third kappa shape index (κ3) is 3.88. The van der Waals surface area contributed by atoms with Gasteiger partial charge in [-0.15, -0.1) is 0 Å². The molecular weight excluding hydrogens is 350 g/mol. The number of hydrogen-bond donors (Lipinski definition) is 1. The van der Waals surface area contributed by atoms with Crippen molar-refractivity contribution in [2.24, 2.45) is 5.92 Å². The molecule has 4 rings (SSSR count). The van der Waals surface area contributed by atoms with Crippen molar-refractivity contribution in [3.8, 4) is 11.3 Å². The number of aromatic amines is 1. The second-order valence-electron chi connectivity index (χ2n) is 7.24. The molecule has 1 aliphatic heterocycles. The van der Waals surface area contributed by atoms with Gasteiger partial charge in [0.15, 0.2) is 0 Å². The van der Waals surface area contributed by atoms with E-state index in [0.29, 0.717) is 25.1 Å². The predicted octanol–water partition coefficient (Wildman–Crippen LogP) is 3.74. The van der Waals surface area contributed by atoms with E-state index in [1.807, 2.05) is 60.7 Å². The molecule has 1 saturated heterocycles. The molecule has 5 nitrogen and oxygen atoms in total. The Bertz CT molecular complexity index is 950. The van der Waals surface area contributed by atoms with Crippen molar-refractivity contribution >= 4 is 11.7 Å². The van der Waals surface area contributed by atoms with Gasteiger partial charge in [-0.05, 0) is 18.4 Å². The van der Waals surface area contributed by atoms with Crippen LogP contribution in [0.15, 0.2) is 66.9 Å². The van der Waals surface area contributed by atoms with Crippen LogP contribution in [0.4, 0.5) is 0 Å². The number of H-pyrrole nitrogens is 1. The van der Waals surface area contributed by atoms with Gasteiger partial charge in [0.05, 0.1) is 17.5 Å². The van der Waals surface area contributed by atoms with Crippen LogP contribution < -0.4 is 0 Å². The maximum absolute atomic E-state index is 13.1. The zero-order valence-corrected chi connectivity index (χ0v) is 15.7. The number of Topliss-reactive ketones (excluding diaryl/α,β-unsaturated/α-hetero) is 1. The molecule has 1 atom stereocenters. The fraction of sp³-hybridized carbons (Fsp3) is 0.261. The van der Waals surface area contributed by atoms with Crippen molar-refractivity contribution in [3.05, 3.63) is 78.0 Å². The number of hydrogen-bond acceptors (Lipinski definition) is 3. The highest BCUT2D eigenvalue weighted by Crippen LogP contribution is 2.25. The van der Waals surface area contributed by atoms with Gasteiger partial charge in [-0.25, -0.2) is 0 Å². The third-order valence-corrected chi connectivity index (χ3v) is 5.32. The lowest BCUT2D eigenvalue weighted by atomic mass is 9.90. The summed E-state index contributed by atoms with van der Waals surface area (Å²) in [5.74, 6) is 0.0361. The van der Waals surface area contributed by atoms with Crippen molar-refractivity contribution in [3.63, 3.8) is 0 Å². The van der Waals surface area contributed by atoms with Crippen LogP contribution in [0.25, 0.3) is 11.3 Å². The van der Waals surface area contributed by atoms with Crippen LogP contribution >= 0.6 is 0 Å². The van der Waals surface area contributed by atoms with Gasteiger partial charge in [0.2, 0.25) is 0 Å². The van der Waals surface area contributed by atoms with E-state index >= 15 is 0 Å². The van der Waals surface area contributed by atoms with Crippen molar-refractivity contribution in [2.45, 2.75) is 19.3 Å². The molecule has 0 spiro atoms. The van der Waals surface area contributed by atoms with Crippen LogP contribution in [-0.2, 0) is 11.2 Å². The minimum Gasteiger partial charge on any atom is -0.338 e. The number of nitrogens with one attached hydrogen (secondary N) is 1. The number of ketones is 1. The molecule has 1 aromatic heterocycles. The zero-order chi connectivity index (χ0) is 19.3. The molecule has 1 N–H and O–H groups in total. The predicted molar refractivity (Wildman–Crippen MR) is 108 cm³/mol. The number of nitrogens with zero attached hydrogens (tertiary/aromatic N) is 2. The van der Waals surface area contributed by atoms with Gasteiger partial charge in [0.1, 0.15) is 5.78 Å². The molecule has 0 radical (unpaired) electrons. The van der Waals surface area contributed by atoms with E-state index in [1.165, 1.54) is 0 Å². The minimum absolute atomic E-state index is 0.0650. The molecular formula is C23H23N3O2. The number of carbonyl (C=O) groups is 2. The first-order valence-electron chi connectivity index (χ1n) is 9.67. The summed E-state index contributed by atoms with van der Waals surface area (Å²) in [5.41, 5.74) is 3.24. The van der Waals surface area contributed by atoms with Crippen LogP contribution in [0.3, 0.4) is 0 Å². The maximum Gasteiger partial charge on any atom is 0.257 e. The first kappa shape index (κ1) is 18.2. The van der Waals surface area contributed by atoms with E-state index in [9.17, 15) is 9.59 Å². The molecule has 1 fully saturated rings.